The number of piperidine rings is 2. The van der Waals surface area contributed by atoms with Gasteiger partial charge in [-0.25, -0.2) is 40.8 Å². The van der Waals surface area contributed by atoms with Crippen molar-refractivity contribution < 1.29 is 74.7 Å². The fraction of sp³-hybridized carbons (Fsp3) is 0.505. The number of ether oxygens (including phenoxy) is 1. The van der Waals surface area contributed by atoms with E-state index in [1.54, 1.807) is 39.2 Å². The summed E-state index contributed by atoms with van der Waals surface area (Å²) in [5, 5.41) is 65.6. The number of aryl methyl sites for hydroxylation is 2. The Morgan fingerprint density at radius 3 is 1.98 bits per heavy atom. The highest BCUT2D eigenvalue weighted by molar-refractivity contribution is 7.91. The van der Waals surface area contributed by atoms with Crippen molar-refractivity contribution >= 4 is 76.5 Å². The first-order valence-corrected chi connectivity index (χ1v) is 55.3. The third-order valence-electron chi connectivity index (χ3n) is 27.2. The molecule has 5 aromatic heterocycles. The number of Topliss-reactive ketones (excluding diaryl/α,β-unsaturated/α-hetero) is 1. The van der Waals surface area contributed by atoms with E-state index in [9.17, 15) is 70.0 Å². The topological polar surface area (TPSA) is 436 Å². The SMILES string of the molecule is CCCNS(=O)(=O)N1CC[C@H](O)[C@@H](O)C1.CCCc1nc(C(=O)N2CCC3(CC2)[C@H](O)C[C@@H]3OCC)cs1.CC[C@H]1CN(CC(c2ccccc2)c2ccccc2)C[C@H]1CN(C)C.C[C@@H](O)[C@H](N)C(=O)N1CCc2[nH]nc(-c3ccc(-c4ccccc4)cc3)c2C1.O=C(CC1CCCC1)c1cccc(S(=O)(=O)NCCCn2cccn2)c1.O=C(O)c1c(S(=O)(=O)NCCn2cccc2)sc2c1CCNC2. The Morgan fingerprint density at radius 2 is 1.36 bits per heavy atom. The lowest BCUT2D eigenvalue weighted by molar-refractivity contribution is -0.207. The molecule has 0 bridgehead atoms. The van der Waals surface area contributed by atoms with Gasteiger partial charge < -0.3 is 65.5 Å². The Balaban J connectivity index is 0.000000152. The van der Waals surface area contributed by atoms with Crippen molar-refractivity contribution in [1.82, 2.24) is 72.9 Å². The number of fused-ring (bicyclic) bond motifs is 2. The number of aliphatic hydroxyl groups excluding tert-OH is 4. The molecule has 8 atom stereocenters. The number of rotatable bonds is 35. The number of aromatic carboxylic acids is 1. The Labute approximate surface area is 833 Å². The number of hydrogen-bond acceptors (Lipinski definition) is 24. The Morgan fingerprint density at radius 1 is 0.693 bits per heavy atom. The number of ketones is 1. The summed E-state index contributed by atoms with van der Waals surface area (Å²) in [7, 11) is -6.54. The van der Waals surface area contributed by atoms with Crippen LogP contribution in [-0.2, 0) is 85.2 Å². The molecule has 5 aliphatic heterocycles. The first kappa shape index (κ1) is 109. The number of H-pyrrole nitrogens is 1. The fourth-order valence-electron chi connectivity index (χ4n) is 19.2. The number of aliphatic hydroxyl groups is 4. The molecule has 2 aliphatic carbocycles. The van der Waals surface area contributed by atoms with Crippen LogP contribution in [0.4, 0.5) is 0 Å². The van der Waals surface area contributed by atoms with Crippen molar-refractivity contribution in [3.05, 3.63) is 243 Å². The first-order valence-electron chi connectivity index (χ1n) is 49.2. The van der Waals surface area contributed by atoms with Crippen molar-refractivity contribution in [2.24, 2.45) is 28.9 Å². The van der Waals surface area contributed by atoms with Gasteiger partial charge in [0.05, 0.1) is 51.7 Å². The van der Waals surface area contributed by atoms with Gasteiger partial charge in [0, 0.05) is 199 Å². The summed E-state index contributed by atoms with van der Waals surface area (Å²) in [6.07, 6.45) is 18.0. The minimum atomic E-state index is -3.84. The van der Waals surface area contributed by atoms with Crippen LogP contribution in [0.1, 0.15) is 193 Å². The molecular formula is C103H142N16O16S5. The van der Waals surface area contributed by atoms with E-state index in [0.717, 1.165) is 119 Å². The van der Waals surface area contributed by atoms with Gasteiger partial charge in [0.1, 0.15) is 15.9 Å². The van der Waals surface area contributed by atoms with Gasteiger partial charge in [-0.2, -0.15) is 22.9 Å². The number of benzene rings is 5. The van der Waals surface area contributed by atoms with Crippen LogP contribution in [0.5, 0.6) is 0 Å². The van der Waals surface area contributed by atoms with Gasteiger partial charge in [-0.1, -0.05) is 180 Å². The molecule has 760 valence electrons. The number of likely N-dealkylation sites (tertiary alicyclic amines) is 2. The number of amides is 2. The molecule has 32 nitrogen and oxygen atoms in total. The molecule has 10 aromatic rings. The second kappa shape index (κ2) is 52.7. The number of β-amino-alcohol motifs (C(OH)–C–C–N with tert-alkyl or cyclic N) is 1. The van der Waals surface area contributed by atoms with Gasteiger partial charge in [-0.15, -0.1) is 22.7 Å². The van der Waals surface area contributed by atoms with Crippen LogP contribution in [-0.4, -0.2) is 270 Å². The van der Waals surface area contributed by atoms with Gasteiger partial charge in [-0.3, -0.25) is 24.2 Å². The number of aromatic amines is 1. The molecule has 10 heterocycles. The predicted octanol–water partition coefficient (Wildman–Crippen LogP) is 11.7. The number of carboxylic acids is 1. The monoisotopic (exact) mass is 2020 g/mol. The zero-order valence-electron chi connectivity index (χ0n) is 81.5. The van der Waals surface area contributed by atoms with E-state index in [1.807, 2.05) is 83.7 Å². The Kier molecular flexibility index (Phi) is 41.2. The highest BCUT2D eigenvalue weighted by atomic mass is 32.2. The lowest BCUT2D eigenvalue weighted by Gasteiger charge is -2.56. The third kappa shape index (κ3) is 29.9. The van der Waals surface area contributed by atoms with E-state index in [2.05, 4.69) is 175 Å². The zero-order valence-corrected chi connectivity index (χ0v) is 85.6. The summed E-state index contributed by atoms with van der Waals surface area (Å²) in [6.45, 7) is 21.1. The molecule has 0 unspecified atom stereocenters. The van der Waals surface area contributed by atoms with E-state index >= 15 is 0 Å². The largest absolute Gasteiger partial charge is 0.478 e. The fourth-order valence-corrected chi connectivity index (χ4v) is 25.5. The summed E-state index contributed by atoms with van der Waals surface area (Å²) in [6, 6.07) is 51.5. The average molecular weight is 2020 g/mol. The standard InChI is InChI=1S/C23H32N2.C22H24N4O2.C19H25N3O3S.C17H26N2O3S.C14H17N3O4S2.C8H18N2O4S/c1-4-19-16-25(17-22(19)15-24(2)3)18-23(20-11-7-5-8-12-20)21-13-9-6-10-14-21;1-14(27)20(23)22(28)26-12-11-19-18(13-26)21(25-24-19)17-9-7-16(8-10-17)15-5-3-2-4-6-15;23-19(14-16-6-1-2-7-16)17-8-3-9-18(15-17)26(24,25)21-11-5-13-22-12-4-10-20-22;1-3-5-15-18-12(11-23-15)16(21)19-8-6-17(7-9-19)13(20)10-14(17)22-4-2;18-13(19)12-10-3-4-15-9-11(10)22-14(12)23(20,21)16-5-8-17-6-1-2-7-17;1-2-4-9-15(13,14)10-5-3-7(11)8(12)6-10/h5-14,19,22-23H,4,15-18H2,1-3H3;2-10,14,20,27H,11-13,23H2,1H3,(H,24,25);3-4,8-10,12,15-16,21H,1-2,5-7,11,13-14H2;11,13-14,20H,3-10H2,1-2H3;1-2,6-7,15-16H,3-5,8-9H2,(H,18,19);7-9,11-12H,2-6H2,1H3/t19-,22+;14-,20+;;13-,14+;;7-,8-/m01.1.0/s1. The predicted molar refractivity (Wildman–Crippen MR) is 546 cm³/mol. The highest BCUT2D eigenvalue weighted by Crippen LogP contribution is 2.51. The number of thiophene rings is 1. The van der Waals surface area contributed by atoms with Crippen LogP contribution in [0.25, 0.3) is 22.4 Å². The number of nitrogens with zero attached hydrogens (tertiary/aromatic N) is 10. The van der Waals surface area contributed by atoms with Crippen LogP contribution in [0.3, 0.4) is 0 Å². The molecule has 140 heavy (non-hydrogen) atoms. The smallest absolute Gasteiger partial charge is 0.338 e. The molecule has 1 spiro atoms. The molecule has 37 heteroatoms. The lowest BCUT2D eigenvalue weighted by atomic mass is 9.58. The number of carbonyl (C=O) groups excluding carboxylic acids is 3. The lowest BCUT2D eigenvalue weighted by Crippen LogP contribution is -2.62. The van der Waals surface area contributed by atoms with Gasteiger partial charge in [0.2, 0.25) is 15.9 Å². The maximum Gasteiger partial charge on any atom is 0.338 e. The molecule has 12 N–H and O–H groups in total. The molecule has 5 aromatic carbocycles. The van der Waals surface area contributed by atoms with E-state index in [4.69, 9.17) is 10.5 Å². The molecule has 3 saturated heterocycles. The highest BCUT2D eigenvalue weighted by Gasteiger charge is 2.56. The van der Waals surface area contributed by atoms with Crippen molar-refractivity contribution in [3.63, 3.8) is 0 Å². The van der Waals surface area contributed by atoms with Crippen molar-refractivity contribution in [1.29, 1.82) is 0 Å². The van der Waals surface area contributed by atoms with Crippen LogP contribution in [0, 0.1) is 23.2 Å². The number of aromatic nitrogens is 6. The van der Waals surface area contributed by atoms with E-state index in [1.165, 1.54) is 78.9 Å². The Bertz CT molecular complexity index is 5840. The number of hydrogen-bond donors (Lipinski definition) is 11. The number of thiazole rings is 1. The summed E-state index contributed by atoms with van der Waals surface area (Å²) in [5.74, 6) is 1.18. The molecule has 2 saturated carbocycles. The van der Waals surface area contributed by atoms with E-state index in [0.29, 0.717) is 126 Å². The molecule has 7 aliphatic rings. The number of nitrogens with two attached hydrogens (primary N) is 1. The summed E-state index contributed by atoms with van der Waals surface area (Å²) >= 11 is 2.62. The minimum Gasteiger partial charge on any atom is -0.478 e. The zero-order chi connectivity index (χ0) is 100. The molecule has 5 fully saturated rings. The first-order chi connectivity index (χ1) is 67.3. The maximum atomic E-state index is 12.6. The van der Waals surface area contributed by atoms with Crippen LogP contribution >= 0.6 is 22.7 Å². The quantitative estimate of drug-likeness (QED) is 0.0130. The summed E-state index contributed by atoms with van der Waals surface area (Å²) in [5.41, 5.74) is 16.4. The number of sulfonamides is 2. The van der Waals surface area contributed by atoms with Gasteiger partial charge in [0.25, 0.3) is 26.1 Å². The van der Waals surface area contributed by atoms with Crippen molar-refractivity contribution in [2.75, 3.05) is 106 Å². The molecular weight excluding hydrogens is 1880 g/mol. The second-order valence-electron chi connectivity index (χ2n) is 37.4. The second-order valence-corrected chi connectivity index (χ2v) is 44.9. The van der Waals surface area contributed by atoms with Crippen molar-refractivity contribution in [3.8, 4) is 22.4 Å². The van der Waals surface area contributed by atoms with Gasteiger partial charge >= 0.3 is 5.97 Å². The summed E-state index contributed by atoms with van der Waals surface area (Å²) in [4.78, 5) is 63.2. The normalized spacial score (nSPS) is 19.7. The maximum absolute atomic E-state index is 12.6. The van der Waals surface area contributed by atoms with Gasteiger partial charge in [0.15, 0.2) is 5.78 Å². The number of nitrogens with one attached hydrogen (secondary N) is 5. The van der Waals surface area contributed by atoms with E-state index < -0.39 is 60.6 Å². The summed E-state index contributed by atoms with van der Waals surface area (Å²) < 4.78 is 91.2. The van der Waals surface area contributed by atoms with Crippen LogP contribution in [0.15, 0.2) is 197 Å². The molecule has 17 rings (SSSR count). The van der Waals surface area contributed by atoms with Crippen molar-refractivity contribution in [2.45, 2.75) is 215 Å². The van der Waals surface area contributed by atoms with E-state index in [-0.39, 0.29) is 75.9 Å². The average Bonchev–Trinajstić information content (AvgIpc) is 0.939. The number of carboxylic acid groups (broad SMARTS) is 1. The van der Waals surface area contributed by atoms with Crippen LogP contribution in [0.2, 0.25) is 0 Å². The third-order valence-corrected chi connectivity index (χ3v) is 34.3. The van der Waals surface area contributed by atoms with Crippen LogP contribution < -0.4 is 25.2 Å². The minimum absolute atomic E-state index is 0.0280. The number of carbonyl (C=O) groups is 4. The molecule has 2 amide bonds. The molecule has 0 radical (unpaired) electrons. The Hall–Kier alpha value is -9.46. The van der Waals surface area contributed by atoms with Gasteiger partial charge in [-0.05, 0) is 162 Å².